The first-order valence-electron chi connectivity index (χ1n) is 5.26. The van der Waals surface area contributed by atoms with Gasteiger partial charge in [0.1, 0.15) is 11.9 Å². The van der Waals surface area contributed by atoms with Crippen LogP contribution in [0.15, 0.2) is 18.3 Å². The second-order valence-corrected chi connectivity index (χ2v) is 3.60. The van der Waals surface area contributed by atoms with Crippen molar-refractivity contribution in [1.29, 1.82) is 0 Å². The first-order chi connectivity index (χ1) is 7.38. The van der Waals surface area contributed by atoms with Gasteiger partial charge in [-0.25, -0.2) is 4.98 Å². The number of aromatic nitrogens is 1. The highest BCUT2D eigenvalue weighted by Gasteiger charge is 2.14. The van der Waals surface area contributed by atoms with E-state index in [2.05, 4.69) is 10.3 Å². The predicted octanol–water partition coefficient (Wildman–Crippen LogP) is 1.64. The topological polar surface area (TPSA) is 43.4 Å². The molecule has 1 fully saturated rings. The van der Waals surface area contributed by atoms with E-state index in [1.807, 2.05) is 12.1 Å². The van der Waals surface area contributed by atoms with Crippen LogP contribution < -0.4 is 14.8 Å². The standard InChI is InChI=1S/C11H16N2O2.ClH/c1-14-10-2-3-11(13-8-10)15-9-4-6-12-7-5-9;/h2-3,8-9,12H,4-7H2,1H3;1H. The molecule has 1 N–H and O–H groups in total. The van der Waals surface area contributed by atoms with Gasteiger partial charge in [0.05, 0.1) is 13.3 Å². The molecule has 1 saturated heterocycles. The van der Waals surface area contributed by atoms with Crippen molar-refractivity contribution >= 4 is 12.4 Å². The fraction of sp³-hybridized carbons (Fsp3) is 0.545. The average molecular weight is 245 g/mol. The Kier molecular flexibility index (Phi) is 5.35. The quantitative estimate of drug-likeness (QED) is 0.878. The summed E-state index contributed by atoms with van der Waals surface area (Å²) in [5.41, 5.74) is 0. The molecule has 1 aromatic rings. The Labute approximate surface area is 102 Å². The van der Waals surface area contributed by atoms with Crippen LogP contribution in [-0.4, -0.2) is 31.3 Å². The van der Waals surface area contributed by atoms with Gasteiger partial charge in [0.25, 0.3) is 0 Å². The van der Waals surface area contributed by atoms with Gasteiger partial charge in [-0.05, 0) is 32.0 Å². The van der Waals surface area contributed by atoms with E-state index in [1.165, 1.54) is 0 Å². The smallest absolute Gasteiger partial charge is 0.213 e. The Hall–Kier alpha value is -1.00. The van der Waals surface area contributed by atoms with Gasteiger partial charge in [0.15, 0.2) is 0 Å². The number of methoxy groups -OCH3 is 1. The minimum absolute atomic E-state index is 0. The number of halogens is 1. The highest BCUT2D eigenvalue weighted by atomic mass is 35.5. The fourth-order valence-corrected chi connectivity index (χ4v) is 1.64. The van der Waals surface area contributed by atoms with E-state index in [4.69, 9.17) is 9.47 Å². The molecule has 2 rings (SSSR count). The summed E-state index contributed by atoms with van der Waals surface area (Å²) >= 11 is 0. The van der Waals surface area contributed by atoms with Crippen molar-refractivity contribution in [3.8, 4) is 11.6 Å². The van der Waals surface area contributed by atoms with Gasteiger partial charge in [-0.1, -0.05) is 0 Å². The monoisotopic (exact) mass is 244 g/mol. The normalized spacial score (nSPS) is 16.3. The number of piperidine rings is 1. The van der Waals surface area contributed by atoms with Crippen LogP contribution in [0.3, 0.4) is 0 Å². The maximum atomic E-state index is 5.75. The molecule has 1 aliphatic heterocycles. The molecule has 0 spiro atoms. The van der Waals surface area contributed by atoms with Crippen molar-refractivity contribution in [2.24, 2.45) is 0 Å². The lowest BCUT2D eigenvalue weighted by Crippen LogP contribution is -2.34. The van der Waals surface area contributed by atoms with E-state index >= 15 is 0 Å². The van der Waals surface area contributed by atoms with Crippen LogP contribution in [0.2, 0.25) is 0 Å². The second kappa shape index (κ2) is 6.55. The lowest BCUT2D eigenvalue weighted by molar-refractivity contribution is 0.155. The number of nitrogens with zero attached hydrogens (tertiary/aromatic N) is 1. The van der Waals surface area contributed by atoms with Gasteiger partial charge >= 0.3 is 0 Å². The minimum atomic E-state index is 0. The first-order valence-corrected chi connectivity index (χ1v) is 5.26. The maximum Gasteiger partial charge on any atom is 0.213 e. The van der Waals surface area contributed by atoms with Gasteiger partial charge in [-0.15, -0.1) is 12.4 Å². The molecule has 0 saturated carbocycles. The maximum absolute atomic E-state index is 5.75. The molecule has 0 amide bonds. The summed E-state index contributed by atoms with van der Waals surface area (Å²) < 4.78 is 10.8. The summed E-state index contributed by atoms with van der Waals surface area (Å²) in [5.74, 6) is 1.44. The zero-order chi connectivity index (χ0) is 10.5. The molecule has 0 unspecified atom stereocenters. The molecule has 0 atom stereocenters. The molecule has 90 valence electrons. The molecule has 1 aliphatic rings. The van der Waals surface area contributed by atoms with Gasteiger partial charge in [0, 0.05) is 6.07 Å². The number of rotatable bonds is 3. The zero-order valence-corrected chi connectivity index (χ0v) is 10.1. The highest BCUT2D eigenvalue weighted by molar-refractivity contribution is 5.85. The number of nitrogens with one attached hydrogen (secondary N) is 1. The summed E-state index contributed by atoms with van der Waals surface area (Å²) in [6.45, 7) is 2.06. The number of hydrogen-bond donors (Lipinski definition) is 1. The molecule has 1 aromatic heterocycles. The van der Waals surface area contributed by atoms with Crippen molar-refractivity contribution in [2.75, 3.05) is 20.2 Å². The van der Waals surface area contributed by atoms with E-state index in [9.17, 15) is 0 Å². The number of ether oxygens (including phenoxy) is 2. The molecular formula is C11H17ClN2O2. The van der Waals surface area contributed by atoms with Gasteiger partial charge in [-0.3, -0.25) is 0 Å². The highest BCUT2D eigenvalue weighted by Crippen LogP contribution is 2.16. The lowest BCUT2D eigenvalue weighted by Gasteiger charge is -2.23. The van der Waals surface area contributed by atoms with Gasteiger partial charge in [0.2, 0.25) is 5.88 Å². The summed E-state index contributed by atoms with van der Waals surface area (Å²) in [6.07, 6.45) is 4.07. The van der Waals surface area contributed by atoms with Crippen LogP contribution >= 0.6 is 12.4 Å². The lowest BCUT2D eigenvalue weighted by atomic mass is 10.1. The Morgan fingerprint density at radius 3 is 2.62 bits per heavy atom. The SMILES string of the molecule is COc1ccc(OC2CCNCC2)nc1.Cl. The van der Waals surface area contributed by atoms with Crippen LogP contribution in [0.25, 0.3) is 0 Å². The van der Waals surface area contributed by atoms with E-state index in [0.29, 0.717) is 12.0 Å². The van der Waals surface area contributed by atoms with Crippen molar-refractivity contribution in [2.45, 2.75) is 18.9 Å². The number of pyridine rings is 1. The van der Waals surface area contributed by atoms with Gasteiger partial charge in [-0.2, -0.15) is 0 Å². The van der Waals surface area contributed by atoms with Crippen LogP contribution in [0.1, 0.15) is 12.8 Å². The third-order valence-electron chi connectivity index (χ3n) is 2.52. The molecular weight excluding hydrogens is 228 g/mol. The largest absolute Gasteiger partial charge is 0.495 e. The number of hydrogen-bond acceptors (Lipinski definition) is 4. The van der Waals surface area contributed by atoms with Crippen molar-refractivity contribution in [3.63, 3.8) is 0 Å². The summed E-state index contributed by atoms with van der Waals surface area (Å²) in [7, 11) is 1.63. The zero-order valence-electron chi connectivity index (χ0n) is 9.31. The van der Waals surface area contributed by atoms with Crippen molar-refractivity contribution < 1.29 is 9.47 Å². The third kappa shape index (κ3) is 3.54. The van der Waals surface area contributed by atoms with Gasteiger partial charge < -0.3 is 14.8 Å². The summed E-state index contributed by atoms with van der Waals surface area (Å²) in [5, 5.41) is 3.30. The Morgan fingerprint density at radius 2 is 2.06 bits per heavy atom. The molecule has 4 nitrogen and oxygen atoms in total. The fourth-order valence-electron chi connectivity index (χ4n) is 1.64. The average Bonchev–Trinajstić information content (AvgIpc) is 2.31. The van der Waals surface area contributed by atoms with Crippen LogP contribution in [-0.2, 0) is 0 Å². The van der Waals surface area contributed by atoms with Crippen LogP contribution in [0.4, 0.5) is 0 Å². The van der Waals surface area contributed by atoms with Crippen molar-refractivity contribution in [1.82, 2.24) is 10.3 Å². The molecule has 0 aliphatic carbocycles. The molecule has 5 heteroatoms. The molecule has 0 aromatic carbocycles. The Morgan fingerprint density at radius 1 is 1.31 bits per heavy atom. The summed E-state index contributed by atoms with van der Waals surface area (Å²) in [6, 6.07) is 3.71. The molecule has 0 bridgehead atoms. The van der Waals surface area contributed by atoms with Crippen LogP contribution in [0.5, 0.6) is 11.6 Å². The van der Waals surface area contributed by atoms with E-state index in [0.717, 1.165) is 31.7 Å². The van der Waals surface area contributed by atoms with E-state index < -0.39 is 0 Å². The predicted molar refractivity (Wildman–Crippen MR) is 64.6 cm³/mol. The first kappa shape index (κ1) is 13.1. The van der Waals surface area contributed by atoms with E-state index in [1.54, 1.807) is 13.3 Å². The van der Waals surface area contributed by atoms with Crippen molar-refractivity contribution in [3.05, 3.63) is 18.3 Å². The van der Waals surface area contributed by atoms with E-state index in [-0.39, 0.29) is 12.4 Å². The Balaban J connectivity index is 0.00000128. The molecule has 16 heavy (non-hydrogen) atoms. The second-order valence-electron chi connectivity index (χ2n) is 3.60. The minimum Gasteiger partial charge on any atom is -0.495 e. The molecule has 0 radical (unpaired) electrons. The Bertz CT molecular complexity index is 299. The molecule has 2 heterocycles. The van der Waals surface area contributed by atoms with Crippen LogP contribution in [0, 0.1) is 0 Å². The third-order valence-corrected chi connectivity index (χ3v) is 2.52. The summed E-state index contributed by atoms with van der Waals surface area (Å²) in [4.78, 5) is 4.18.